The van der Waals surface area contributed by atoms with Crippen molar-refractivity contribution in [2.75, 3.05) is 11.4 Å². The molecule has 0 aromatic carbocycles. The molecular formula is C14H22N2O. The molecule has 1 heterocycles. The average Bonchev–Trinajstić information content (AvgIpc) is 3.09. The van der Waals surface area contributed by atoms with E-state index in [1.54, 1.807) is 13.1 Å². The summed E-state index contributed by atoms with van der Waals surface area (Å²) in [5, 5.41) is 9.46. The first-order valence-corrected chi connectivity index (χ1v) is 6.48. The molecule has 17 heavy (non-hydrogen) atoms. The van der Waals surface area contributed by atoms with Crippen molar-refractivity contribution in [1.29, 1.82) is 0 Å². The lowest BCUT2D eigenvalue weighted by atomic mass is 10.2. The van der Waals surface area contributed by atoms with Gasteiger partial charge in [-0.3, -0.25) is 0 Å². The molecule has 0 radical (unpaired) electrons. The van der Waals surface area contributed by atoms with Crippen molar-refractivity contribution in [3.8, 4) is 0 Å². The molecule has 0 saturated heterocycles. The van der Waals surface area contributed by atoms with E-state index in [0.29, 0.717) is 6.04 Å². The Morgan fingerprint density at radius 3 is 2.47 bits per heavy atom. The van der Waals surface area contributed by atoms with Gasteiger partial charge in [-0.2, -0.15) is 0 Å². The predicted molar refractivity (Wildman–Crippen MR) is 70.1 cm³/mol. The van der Waals surface area contributed by atoms with Crippen molar-refractivity contribution in [1.82, 2.24) is 4.98 Å². The number of aromatic nitrogens is 1. The minimum atomic E-state index is -0.438. The SMILES string of the molecule is CC(C)N(CC1CC1)c1ccc([C@H](C)O)cn1. The fourth-order valence-corrected chi connectivity index (χ4v) is 1.96. The number of nitrogens with zero attached hydrogens (tertiary/aromatic N) is 2. The van der Waals surface area contributed by atoms with Gasteiger partial charge in [-0.15, -0.1) is 0 Å². The van der Waals surface area contributed by atoms with Crippen LogP contribution in [0.1, 0.15) is 45.3 Å². The van der Waals surface area contributed by atoms with Gasteiger partial charge >= 0.3 is 0 Å². The molecule has 1 saturated carbocycles. The molecule has 1 aromatic heterocycles. The van der Waals surface area contributed by atoms with Crippen molar-refractivity contribution in [3.05, 3.63) is 23.9 Å². The summed E-state index contributed by atoms with van der Waals surface area (Å²) in [7, 11) is 0. The van der Waals surface area contributed by atoms with Crippen molar-refractivity contribution < 1.29 is 5.11 Å². The molecule has 2 rings (SSSR count). The molecule has 1 N–H and O–H groups in total. The molecule has 0 spiro atoms. The summed E-state index contributed by atoms with van der Waals surface area (Å²) in [4.78, 5) is 6.82. The highest BCUT2D eigenvalue weighted by atomic mass is 16.3. The molecule has 1 aromatic rings. The van der Waals surface area contributed by atoms with Gasteiger partial charge in [0.1, 0.15) is 5.82 Å². The van der Waals surface area contributed by atoms with Gasteiger partial charge < -0.3 is 10.0 Å². The van der Waals surface area contributed by atoms with E-state index in [1.807, 2.05) is 12.1 Å². The Kier molecular flexibility index (Phi) is 3.67. The lowest BCUT2D eigenvalue weighted by molar-refractivity contribution is 0.199. The second kappa shape index (κ2) is 5.05. The summed E-state index contributed by atoms with van der Waals surface area (Å²) >= 11 is 0. The molecule has 0 aliphatic heterocycles. The summed E-state index contributed by atoms with van der Waals surface area (Å²) in [6.07, 6.45) is 4.05. The van der Waals surface area contributed by atoms with E-state index in [-0.39, 0.29) is 0 Å². The van der Waals surface area contributed by atoms with Crippen LogP contribution in [-0.4, -0.2) is 22.7 Å². The van der Waals surface area contributed by atoms with Gasteiger partial charge in [-0.05, 0) is 51.2 Å². The Morgan fingerprint density at radius 2 is 2.06 bits per heavy atom. The number of anilines is 1. The quantitative estimate of drug-likeness (QED) is 0.851. The normalized spacial score (nSPS) is 17.2. The van der Waals surface area contributed by atoms with E-state index in [4.69, 9.17) is 0 Å². The first-order chi connectivity index (χ1) is 8.08. The zero-order valence-corrected chi connectivity index (χ0v) is 10.9. The number of aliphatic hydroxyl groups is 1. The molecule has 0 bridgehead atoms. The number of pyridine rings is 1. The van der Waals surface area contributed by atoms with Gasteiger partial charge in [0.2, 0.25) is 0 Å². The van der Waals surface area contributed by atoms with Crippen LogP contribution in [0, 0.1) is 5.92 Å². The lowest BCUT2D eigenvalue weighted by Gasteiger charge is -2.28. The van der Waals surface area contributed by atoms with Crippen LogP contribution in [0.2, 0.25) is 0 Å². The van der Waals surface area contributed by atoms with Crippen molar-refractivity contribution in [3.63, 3.8) is 0 Å². The Bertz CT molecular complexity index is 355. The van der Waals surface area contributed by atoms with Crippen LogP contribution in [0.15, 0.2) is 18.3 Å². The largest absolute Gasteiger partial charge is 0.389 e. The molecule has 94 valence electrons. The third-order valence-electron chi connectivity index (χ3n) is 3.32. The smallest absolute Gasteiger partial charge is 0.128 e. The highest BCUT2D eigenvalue weighted by Gasteiger charge is 2.26. The van der Waals surface area contributed by atoms with E-state index < -0.39 is 6.10 Å². The molecule has 0 amide bonds. The molecule has 0 unspecified atom stereocenters. The van der Waals surface area contributed by atoms with Crippen LogP contribution in [0.5, 0.6) is 0 Å². The van der Waals surface area contributed by atoms with E-state index in [0.717, 1.165) is 23.8 Å². The van der Waals surface area contributed by atoms with E-state index in [2.05, 4.69) is 23.7 Å². The molecular weight excluding hydrogens is 212 g/mol. The maximum atomic E-state index is 9.46. The van der Waals surface area contributed by atoms with Crippen molar-refractivity contribution in [2.45, 2.75) is 45.8 Å². The third-order valence-corrected chi connectivity index (χ3v) is 3.32. The fourth-order valence-electron chi connectivity index (χ4n) is 1.96. The van der Waals surface area contributed by atoms with Crippen LogP contribution >= 0.6 is 0 Å². The minimum absolute atomic E-state index is 0.438. The predicted octanol–water partition coefficient (Wildman–Crippen LogP) is 2.76. The van der Waals surface area contributed by atoms with Crippen LogP contribution in [0.3, 0.4) is 0 Å². The van der Waals surface area contributed by atoms with Gasteiger partial charge in [0, 0.05) is 18.8 Å². The second-order valence-corrected chi connectivity index (χ2v) is 5.32. The van der Waals surface area contributed by atoms with E-state index in [1.165, 1.54) is 12.8 Å². The van der Waals surface area contributed by atoms with Gasteiger partial charge in [-0.1, -0.05) is 6.07 Å². The molecule has 1 atom stereocenters. The van der Waals surface area contributed by atoms with Crippen LogP contribution in [-0.2, 0) is 0 Å². The summed E-state index contributed by atoms with van der Waals surface area (Å²) in [5.41, 5.74) is 0.879. The van der Waals surface area contributed by atoms with Crippen molar-refractivity contribution in [2.24, 2.45) is 5.92 Å². The summed E-state index contributed by atoms with van der Waals surface area (Å²) in [5.74, 6) is 1.88. The highest BCUT2D eigenvalue weighted by molar-refractivity contribution is 5.40. The topological polar surface area (TPSA) is 36.4 Å². The Morgan fingerprint density at radius 1 is 1.35 bits per heavy atom. The molecule has 1 fully saturated rings. The number of rotatable bonds is 5. The Hall–Kier alpha value is -1.09. The summed E-state index contributed by atoms with van der Waals surface area (Å²) in [6, 6.07) is 4.46. The maximum absolute atomic E-state index is 9.46. The Labute approximate surface area is 103 Å². The first kappa shape index (κ1) is 12.4. The molecule has 3 nitrogen and oxygen atoms in total. The zero-order valence-electron chi connectivity index (χ0n) is 10.9. The standard InChI is InChI=1S/C14H22N2O/c1-10(2)16(9-12-4-5-12)14-7-6-13(8-15-14)11(3)17/h6-8,10-12,17H,4-5,9H2,1-3H3/t11-/m0/s1. The average molecular weight is 234 g/mol. The molecule has 3 heteroatoms. The fraction of sp³-hybridized carbons (Fsp3) is 0.643. The van der Waals surface area contributed by atoms with E-state index >= 15 is 0 Å². The molecule has 1 aliphatic carbocycles. The van der Waals surface area contributed by atoms with Gasteiger partial charge in [0.05, 0.1) is 6.10 Å². The van der Waals surface area contributed by atoms with Gasteiger partial charge in [0.15, 0.2) is 0 Å². The van der Waals surface area contributed by atoms with Gasteiger partial charge in [0.25, 0.3) is 0 Å². The lowest BCUT2D eigenvalue weighted by Crippen LogP contribution is -2.33. The van der Waals surface area contributed by atoms with E-state index in [9.17, 15) is 5.11 Å². The third kappa shape index (κ3) is 3.19. The van der Waals surface area contributed by atoms with Crippen LogP contribution < -0.4 is 4.90 Å². The second-order valence-electron chi connectivity index (χ2n) is 5.32. The highest BCUT2D eigenvalue weighted by Crippen LogP contribution is 2.31. The van der Waals surface area contributed by atoms with Crippen molar-refractivity contribution >= 4 is 5.82 Å². The monoisotopic (exact) mass is 234 g/mol. The minimum Gasteiger partial charge on any atom is -0.389 e. The number of hydrogen-bond donors (Lipinski definition) is 1. The van der Waals surface area contributed by atoms with Crippen LogP contribution in [0.4, 0.5) is 5.82 Å². The Balaban J connectivity index is 2.11. The summed E-state index contributed by atoms with van der Waals surface area (Å²) in [6.45, 7) is 7.28. The first-order valence-electron chi connectivity index (χ1n) is 6.48. The molecule has 1 aliphatic rings. The number of aliphatic hydroxyl groups excluding tert-OH is 1. The van der Waals surface area contributed by atoms with Gasteiger partial charge in [-0.25, -0.2) is 4.98 Å². The zero-order chi connectivity index (χ0) is 12.4. The van der Waals surface area contributed by atoms with Crippen LogP contribution in [0.25, 0.3) is 0 Å². The summed E-state index contributed by atoms with van der Waals surface area (Å²) < 4.78 is 0. The maximum Gasteiger partial charge on any atom is 0.128 e. The number of hydrogen-bond acceptors (Lipinski definition) is 3.